The maximum Gasteiger partial charge on any atom is 0.252 e. The van der Waals surface area contributed by atoms with E-state index in [-0.39, 0.29) is 23.8 Å². The first-order valence-electron chi connectivity index (χ1n) is 6.33. The van der Waals surface area contributed by atoms with Crippen molar-refractivity contribution in [3.63, 3.8) is 0 Å². The molecule has 1 heterocycles. The predicted molar refractivity (Wildman–Crippen MR) is 78.0 cm³/mol. The Balaban J connectivity index is 3.08. The molecule has 20 heavy (non-hydrogen) atoms. The average Bonchev–Trinajstić information content (AvgIpc) is 2.36. The van der Waals surface area contributed by atoms with E-state index in [0.29, 0.717) is 11.3 Å². The molecule has 3 N–H and O–H groups in total. The molecule has 0 atom stereocenters. The quantitative estimate of drug-likeness (QED) is 0.736. The maximum atomic E-state index is 12.2. The lowest BCUT2D eigenvalue weighted by Crippen LogP contribution is -2.51. The number of aliphatic hydroxyl groups is 2. The Kier molecular flexibility index (Phi) is 5.13. The molecule has 112 valence electrons. The van der Waals surface area contributed by atoms with Crippen LogP contribution in [0.2, 0.25) is 5.15 Å². The van der Waals surface area contributed by atoms with Gasteiger partial charge in [0.1, 0.15) is 5.15 Å². The van der Waals surface area contributed by atoms with Crippen molar-refractivity contribution in [2.75, 3.05) is 13.2 Å². The summed E-state index contributed by atoms with van der Waals surface area (Å²) < 4.78 is 0. The number of amides is 1. The third kappa shape index (κ3) is 4.16. The van der Waals surface area contributed by atoms with Gasteiger partial charge in [0.15, 0.2) is 0 Å². The monoisotopic (exact) mass is 300 g/mol. The molecular weight excluding hydrogens is 280 g/mol. The van der Waals surface area contributed by atoms with Crippen LogP contribution in [0.3, 0.4) is 0 Å². The van der Waals surface area contributed by atoms with E-state index >= 15 is 0 Å². The number of carbonyl (C=O) groups excluding carboxylic acids is 1. The lowest BCUT2D eigenvalue weighted by molar-refractivity contribution is 0.0723. The first-order valence-corrected chi connectivity index (χ1v) is 6.71. The Morgan fingerprint density at radius 1 is 1.25 bits per heavy atom. The number of aromatic nitrogens is 1. The Bertz CT molecular complexity index is 494. The zero-order valence-electron chi connectivity index (χ0n) is 12.2. The van der Waals surface area contributed by atoms with Crippen LogP contribution in [0.4, 0.5) is 0 Å². The van der Waals surface area contributed by atoms with Crippen LogP contribution in [0.15, 0.2) is 12.1 Å². The second kappa shape index (κ2) is 6.08. The highest BCUT2D eigenvalue weighted by molar-refractivity contribution is 6.29. The predicted octanol–water partition coefficient (Wildman–Crippen LogP) is 1.51. The number of rotatable bonds is 4. The number of carbonyl (C=O) groups is 1. The molecular formula is C14H21ClN2O3. The molecule has 1 aromatic rings. The van der Waals surface area contributed by atoms with Gasteiger partial charge in [-0.15, -0.1) is 0 Å². The van der Waals surface area contributed by atoms with Crippen LogP contribution in [0.5, 0.6) is 0 Å². The summed E-state index contributed by atoms with van der Waals surface area (Å²) in [5.41, 5.74) is -0.265. The molecule has 0 aromatic carbocycles. The molecule has 5 nitrogen and oxygen atoms in total. The van der Waals surface area contributed by atoms with Crippen LogP contribution in [-0.2, 0) is 5.41 Å². The second-order valence-corrected chi connectivity index (χ2v) is 6.53. The third-order valence-electron chi connectivity index (χ3n) is 2.94. The molecule has 6 heteroatoms. The van der Waals surface area contributed by atoms with E-state index in [9.17, 15) is 15.0 Å². The number of nitrogens with one attached hydrogen (secondary N) is 1. The maximum absolute atomic E-state index is 12.2. The van der Waals surface area contributed by atoms with E-state index in [4.69, 9.17) is 11.6 Å². The molecule has 0 spiro atoms. The summed E-state index contributed by atoms with van der Waals surface area (Å²) in [4.78, 5) is 16.4. The van der Waals surface area contributed by atoms with Gasteiger partial charge in [-0.2, -0.15) is 0 Å². The minimum atomic E-state index is -1.07. The van der Waals surface area contributed by atoms with Gasteiger partial charge in [0.25, 0.3) is 5.91 Å². The van der Waals surface area contributed by atoms with E-state index in [1.165, 1.54) is 6.07 Å². The van der Waals surface area contributed by atoms with Gasteiger partial charge in [-0.3, -0.25) is 4.79 Å². The van der Waals surface area contributed by atoms with Gasteiger partial charge in [0, 0.05) is 16.7 Å². The van der Waals surface area contributed by atoms with Crippen LogP contribution < -0.4 is 5.32 Å². The Hall–Kier alpha value is -1.17. The van der Waals surface area contributed by atoms with E-state index in [1.54, 1.807) is 13.0 Å². The topological polar surface area (TPSA) is 82.5 Å². The van der Waals surface area contributed by atoms with Gasteiger partial charge < -0.3 is 15.5 Å². The van der Waals surface area contributed by atoms with Crippen molar-refractivity contribution in [2.24, 2.45) is 0 Å². The zero-order valence-corrected chi connectivity index (χ0v) is 13.0. The third-order valence-corrected chi connectivity index (χ3v) is 3.13. The van der Waals surface area contributed by atoms with Crippen LogP contribution in [0, 0.1) is 0 Å². The molecule has 1 rings (SSSR count). The summed E-state index contributed by atoms with van der Waals surface area (Å²) in [6.45, 7) is 6.75. The first-order chi connectivity index (χ1) is 9.11. The van der Waals surface area contributed by atoms with Gasteiger partial charge in [0.2, 0.25) is 0 Å². The van der Waals surface area contributed by atoms with Crippen LogP contribution in [0.25, 0.3) is 0 Å². The van der Waals surface area contributed by atoms with Crippen LogP contribution in [-0.4, -0.2) is 39.9 Å². The minimum absolute atomic E-state index is 0.234. The number of hydrogen-bond acceptors (Lipinski definition) is 4. The van der Waals surface area contributed by atoms with E-state index in [1.807, 2.05) is 20.8 Å². The fourth-order valence-electron chi connectivity index (χ4n) is 1.49. The number of halogens is 1. The van der Waals surface area contributed by atoms with Gasteiger partial charge in [0.05, 0.1) is 18.8 Å². The number of aliphatic hydroxyl groups excluding tert-OH is 2. The molecule has 1 amide bonds. The largest absolute Gasteiger partial charge is 0.394 e. The fraction of sp³-hybridized carbons (Fsp3) is 0.571. The lowest BCUT2D eigenvalue weighted by atomic mass is 9.90. The Morgan fingerprint density at radius 2 is 1.80 bits per heavy atom. The summed E-state index contributed by atoms with van der Waals surface area (Å²) in [5, 5.41) is 21.2. The van der Waals surface area contributed by atoms with Crippen molar-refractivity contribution in [1.82, 2.24) is 10.3 Å². The van der Waals surface area contributed by atoms with Crippen molar-refractivity contribution in [3.8, 4) is 0 Å². The highest BCUT2D eigenvalue weighted by Gasteiger charge is 2.26. The zero-order chi connectivity index (χ0) is 15.6. The summed E-state index contributed by atoms with van der Waals surface area (Å²) in [6.07, 6.45) is 0. The molecule has 0 unspecified atom stereocenters. The summed E-state index contributed by atoms with van der Waals surface area (Å²) in [6, 6.07) is 3.12. The van der Waals surface area contributed by atoms with Crippen molar-refractivity contribution >= 4 is 17.5 Å². The molecule has 1 aromatic heterocycles. The standard InChI is InChI=1S/C14H21ClN2O3/c1-13(2,3)10-5-9(6-11(15)16-10)12(20)17-14(4,7-18)8-19/h5-6,18-19H,7-8H2,1-4H3,(H,17,20). The Morgan fingerprint density at radius 3 is 2.25 bits per heavy atom. The fourth-order valence-corrected chi connectivity index (χ4v) is 1.70. The van der Waals surface area contributed by atoms with Gasteiger partial charge in [-0.25, -0.2) is 4.98 Å². The van der Waals surface area contributed by atoms with E-state index in [2.05, 4.69) is 10.3 Å². The highest BCUT2D eigenvalue weighted by atomic mass is 35.5. The molecule has 0 radical (unpaired) electrons. The van der Waals surface area contributed by atoms with Crippen molar-refractivity contribution < 1.29 is 15.0 Å². The molecule has 0 saturated carbocycles. The molecule has 0 fully saturated rings. The second-order valence-electron chi connectivity index (χ2n) is 6.14. The molecule has 0 bridgehead atoms. The van der Waals surface area contributed by atoms with Gasteiger partial charge in [-0.1, -0.05) is 32.4 Å². The van der Waals surface area contributed by atoms with Crippen LogP contribution >= 0.6 is 11.6 Å². The molecule has 0 aliphatic carbocycles. The van der Waals surface area contributed by atoms with Crippen LogP contribution in [0.1, 0.15) is 43.7 Å². The van der Waals surface area contributed by atoms with E-state index < -0.39 is 11.4 Å². The SMILES string of the molecule is CC(CO)(CO)NC(=O)c1cc(Cl)nc(C(C)(C)C)c1. The first kappa shape index (κ1) is 16.9. The van der Waals surface area contributed by atoms with Gasteiger partial charge >= 0.3 is 0 Å². The minimum Gasteiger partial charge on any atom is -0.394 e. The van der Waals surface area contributed by atoms with Crippen molar-refractivity contribution in [2.45, 2.75) is 38.6 Å². The lowest BCUT2D eigenvalue weighted by Gasteiger charge is -2.26. The molecule has 0 aliphatic rings. The highest BCUT2D eigenvalue weighted by Crippen LogP contribution is 2.23. The number of nitrogens with zero attached hydrogens (tertiary/aromatic N) is 1. The number of hydrogen-bond donors (Lipinski definition) is 3. The van der Waals surface area contributed by atoms with Crippen molar-refractivity contribution in [1.29, 1.82) is 0 Å². The summed E-state index contributed by atoms with van der Waals surface area (Å²) in [5.74, 6) is -0.412. The normalized spacial score (nSPS) is 12.3. The van der Waals surface area contributed by atoms with Gasteiger partial charge in [-0.05, 0) is 19.1 Å². The van der Waals surface area contributed by atoms with Crippen molar-refractivity contribution in [3.05, 3.63) is 28.5 Å². The van der Waals surface area contributed by atoms with E-state index in [0.717, 1.165) is 0 Å². The average molecular weight is 301 g/mol. The summed E-state index contributed by atoms with van der Waals surface area (Å²) >= 11 is 5.95. The smallest absolute Gasteiger partial charge is 0.252 e. The molecule has 0 saturated heterocycles. The summed E-state index contributed by atoms with van der Waals surface area (Å²) in [7, 11) is 0. The Labute approximate surface area is 124 Å². The molecule has 0 aliphatic heterocycles. The number of pyridine rings is 1.